The van der Waals surface area contributed by atoms with Gasteiger partial charge in [0.1, 0.15) is 6.04 Å². The number of halogens is 2. The summed E-state index contributed by atoms with van der Waals surface area (Å²) in [6, 6.07) is 23.2. The highest BCUT2D eigenvalue weighted by Crippen LogP contribution is 2.25. The molecule has 2 amide bonds. The Labute approximate surface area is 192 Å². The van der Waals surface area contributed by atoms with Crippen LogP contribution in [0, 0.1) is 0 Å². The fourth-order valence-corrected chi connectivity index (χ4v) is 3.56. The molecule has 0 spiro atoms. The van der Waals surface area contributed by atoms with Crippen LogP contribution in [0.2, 0.25) is 10.0 Å². The fraction of sp³-hybridized carbons (Fsp3) is 0.200. The summed E-state index contributed by atoms with van der Waals surface area (Å²) >= 11 is 11.9. The summed E-state index contributed by atoms with van der Waals surface area (Å²) in [5.41, 5.74) is 2.58. The Morgan fingerprint density at radius 3 is 1.94 bits per heavy atom. The quantitative estimate of drug-likeness (QED) is 0.468. The molecule has 0 aliphatic heterocycles. The molecule has 1 atom stereocenters. The number of benzene rings is 3. The molecule has 0 aliphatic rings. The predicted molar refractivity (Wildman–Crippen MR) is 125 cm³/mol. The summed E-state index contributed by atoms with van der Waals surface area (Å²) in [6.45, 7) is 2.44. The maximum Gasteiger partial charge on any atom is 0.247 e. The highest BCUT2D eigenvalue weighted by molar-refractivity contribution is 6.30. The van der Waals surface area contributed by atoms with Crippen molar-refractivity contribution in [3.63, 3.8) is 0 Å². The van der Waals surface area contributed by atoms with E-state index in [0.717, 1.165) is 16.7 Å². The van der Waals surface area contributed by atoms with E-state index in [1.807, 2.05) is 54.6 Å². The van der Waals surface area contributed by atoms with E-state index in [2.05, 4.69) is 5.32 Å². The lowest BCUT2D eigenvalue weighted by Gasteiger charge is -2.31. The van der Waals surface area contributed by atoms with Gasteiger partial charge in [0.25, 0.3) is 0 Å². The molecular formula is C25H24Cl2N2O2. The second-order valence-corrected chi connectivity index (χ2v) is 8.03. The molecule has 3 rings (SSSR count). The summed E-state index contributed by atoms with van der Waals surface area (Å²) in [6.07, 6.45) is 0.293. The molecule has 4 nitrogen and oxygen atoms in total. The molecule has 0 heterocycles. The van der Waals surface area contributed by atoms with Gasteiger partial charge in [-0.15, -0.1) is 0 Å². The third-order valence-corrected chi connectivity index (χ3v) is 5.45. The predicted octanol–water partition coefficient (Wildman–Crippen LogP) is 5.79. The maximum atomic E-state index is 13.3. The maximum absolute atomic E-state index is 13.3. The van der Waals surface area contributed by atoms with Crippen molar-refractivity contribution in [2.45, 2.75) is 32.5 Å². The molecule has 0 fully saturated rings. The van der Waals surface area contributed by atoms with Crippen LogP contribution >= 0.6 is 23.2 Å². The van der Waals surface area contributed by atoms with Crippen LogP contribution in [0.4, 0.5) is 0 Å². The van der Waals surface area contributed by atoms with Crippen molar-refractivity contribution >= 4 is 35.0 Å². The van der Waals surface area contributed by atoms with E-state index in [1.54, 1.807) is 36.1 Å². The first-order chi connectivity index (χ1) is 15.0. The molecule has 0 bridgehead atoms. The molecule has 0 aromatic heterocycles. The van der Waals surface area contributed by atoms with Crippen molar-refractivity contribution in [3.8, 4) is 0 Å². The average molecular weight is 455 g/mol. The minimum atomic E-state index is -0.753. The van der Waals surface area contributed by atoms with Crippen molar-refractivity contribution in [1.82, 2.24) is 10.2 Å². The molecule has 31 heavy (non-hydrogen) atoms. The summed E-state index contributed by atoms with van der Waals surface area (Å²) < 4.78 is 0. The lowest BCUT2D eigenvalue weighted by atomic mass is 10.0. The molecule has 160 valence electrons. The third-order valence-electron chi connectivity index (χ3n) is 4.94. The molecular weight excluding hydrogens is 431 g/mol. The number of hydrogen-bond acceptors (Lipinski definition) is 2. The van der Waals surface area contributed by atoms with Crippen molar-refractivity contribution in [1.29, 1.82) is 0 Å². The Morgan fingerprint density at radius 1 is 0.839 bits per heavy atom. The molecule has 0 aliphatic carbocycles. The van der Waals surface area contributed by atoms with Crippen LogP contribution in [0.25, 0.3) is 0 Å². The third kappa shape index (κ3) is 6.33. The van der Waals surface area contributed by atoms with Gasteiger partial charge in [-0.3, -0.25) is 9.59 Å². The van der Waals surface area contributed by atoms with Crippen LogP contribution in [0.3, 0.4) is 0 Å². The van der Waals surface area contributed by atoms with Gasteiger partial charge < -0.3 is 10.2 Å². The monoisotopic (exact) mass is 454 g/mol. The lowest BCUT2D eigenvalue weighted by molar-refractivity contribution is -0.141. The zero-order chi connectivity index (χ0) is 22.2. The van der Waals surface area contributed by atoms with Gasteiger partial charge in [0.15, 0.2) is 0 Å². The van der Waals surface area contributed by atoms with Gasteiger partial charge >= 0.3 is 0 Å². The van der Waals surface area contributed by atoms with Gasteiger partial charge in [-0.05, 0) is 41.0 Å². The molecule has 0 radical (unpaired) electrons. The highest BCUT2D eigenvalue weighted by atomic mass is 35.5. The van der Waals surface area contributed by atoms with E-state index in [9.17, 15) is 9.59 Å². The topological polar surface area (TPSA) is 49.4 Å². The summed E-state index contributed by atoms with van der Waals surface area (Å²) in [5.74, 6) is -0.345. The number of nitrogens with one attached hydrogen (secondary N) is 1. The van der Waals surface area contributed by atoms with Gasteiger partial charge in [-0.1, -0.05) is 84.7 Å². The van der Waals surface area contributed by atoms with E-state index in [1.165, 1.54) is 0 Å². The zero-order valence-electron chi connectivity index (χ0n) is 17.2. The van der Waals surface area contributed by atoms with Crippen LogP contribution < -0.4 is 5.32 Å². The van der Waals surface area contributed by atoms with Crippen LogP contribution in [0.5, 0.6) is 0 Å². The number of hydrogen-bond donors (Lipinski definition) is 1. The lowest BCUT2D eigenvalue weighted by Crippen LogP contribution is -2.43. The highest BCUT2D eigenvalue weighted by Gasteiger charge is 2.30. The second kappa shape index (κ2) is 11.0. The Bertz CT molecular complexity index is 1010. The molecule has 0 saturated carbocycles. The number of amides is 2. The molecule has 3 aromatic rings. The second-order valence-electron chi connectivity index (χ2n) is 7.16. The van der Waals surface area contributed by atoms with Crippen LogP contribution in [-0.2, 0) is 22.7 Å². The summed E-state index contributed by atoms with van der Waals surface area (Å²) in [4.78, 5) is 27.9. The van der Waals surface area contributed by atoms with Crippen LogP contribution in [0.1, 0.15) is 36.1 Å². The average Bonchev–Trinajstić information content (AvgIpc) is 2.79. The Balaban J connectivity index is 1.88. The number of carbonyl (C=O) groups excluding carboxylic acids is 2. The van der Waals surface area contributed by atoms with E-state index >= 15 is 0 Å². The van der Waals surface area contributed by atoms with Gasteiger partial charge in [-0.25, -0.2) is 0 Å². The minimum absolute atomic E-state index is 0.106. The molecule has 1 N–H and O–H groups in total. The van der Waals surface area contributed by atoms with Gasteiger partial charge in [0.2, 0.25) is 11.8 Å². The van der Waals surface area contributed by atoms with Crippen molar-refractivity contribution in [3.05, 3.63) is 106 Å². The first-order valence-corrected chi connectivity index (χ1v) is 10.8. The normalized spacial score (nSPS) is 11.6. The van der Waals surface area contributed by atoms with Gasteiger partial charge in [0.05, 0.1) is 0 Å². The zero-order valence-corrected chi connectivity index (χ0v) is 18.7. The molecule has 0 saturated heterocycles. The minimum Gasteiger partial charge on any atom is -0.350 e. The van der Waals surface area contributed by atoms with E-state index in [4.69, 9.17) is 23.2 Å². The Morgan fingerprint density at radius 2 is 1.39 bits per heavy atom. The SMILES string of the molecule is CCC(=O)N(Cc1ccc(Cl)cc1)[C@@H](C(=O)NCc1ccc(Cl)cc1)c1ccccc1. The standard InChI is InChI=1S/C25H24Cl2N2O2/c1-2-23(30)29(17-19-10-14-22(27)15-11-19)24(20-6-4-3-5-7-20)25(31)28-16-18-8-12-21(26)13-9-18/h3-15,24H,2,16-17H2,1H3,(H,28,31)/t24-/m1/s1. The Kier molecular flexibility index (Phi) is 8.10. The van der Waals surface area contributed by atoms with Gasteiger partial charge in [-0.2, -0.15) is 0 Å². The number of rotatable bonds is 8. The number of nitrogens with zero attached hydrogens (tertiary/aromatic N) is 1. The van der Waals surface area contributed by atoms with Crippen molar-refractivity contribution < 1.29 is 9.59 Å². The summed E-state index contributed by atoms with van der Waals surface area (Å²) in [7, 11) is 0. The first kappa shape index (κ1) is 22.9. The fourth-order valence-electron chi connectivity index (χ4n) is 3.31. The largest absolute Gasteiger partial charge is 0.350 e. The molecule has 6 heteroatoms. The first-order valence-electron chi connectivity index (χ1n) is 10.1. The Hall–Kier alpha value is -2.82. The van der Waals surface area contributed by atoms with E-state index in [0.29, 0.717) is 29.6 Å². The number of carbonyl (C=O) groups is 2. The van der Waals surface area contributed by atoms with Crippen LogP contribution in [0.15, 0.2) is 78.9 Å². The van der Waals surface area contributed by atoms with Crippen molar-refractivity contribution in [2.24, 2.45) is 0 Å². The molecule has 0 unspecified atom stereocenters. The summed E-state index contributed by atoms with van der Waals surface area (Å²) in [5, 5.41) is 4.24. The van der Waals surface area contributed by atoms with E-state index in [-0.39, 0.29) is 11.8 Å². The molecule has 3 aromatic carbocycles. The van der Waals surface area contributed by atoms with Gasteiger partial charge in [0, 0.05) is 29.6 Å². The van der Waals surface area contributed by atoms with E-state index < -0.39 is 6.04 Å². The van der Waals surface area contributed by atoms with Crippen molar-refractivity contribution in [2.75, 3.05) is 0 Å². The smallest absolute Gasteiger partial charge is 0.247 e. The van der Waals surface area contributed by atoms with Crippen LogP contribution in [-0.4, -0.2) is 16.7 Å².